The van der Waals surface area contributed by atoms with E-state index in [1.807, 2.05) is 35.2 Å². The zero-order valence-electron chi connectivity index (χ0n) is 13.8. The van der Waals surface area contributed by atoms with E-state index in [9.17, 15) is 13.2 Å². The number of sulfonamides is 1. The van der Waals surface area contributed by atoms with Crippen LogP contribution in [0, 0.1) is 0 Å². The van der Waals surface area contributed by atoms with Crippen LogP contribution in [0.15, 0.2) is 60.0 Å². The Labute approximate surface area is 148 Å². The minimum absolute atomic E-state index is 0.00381. The third-order valence-electron chi connectivity index (χ3n) is 4.02. The molecule has 1 aliphatic heterocycles. The van der Waals surface area contributed by atoms with Gasteiger partial charge in [-0.05, 0) is 48.7 Å². The quantitative estimate of drug-likeness (QED) is 0.893. The molecule has 1 aliphatic rings. The lowest BCUT2D eigenvalue weighted by Crippen LogP contribution is -2.27. The van der Waals surface area contributed by atoms with E-state index in [1.165, 1.54) is 6.08 Å². The van der Waals surface area contributed by atoms with Crippen molar-refractivity contribution in [2.45, 2.75) is 12.8 Å². The number of amides is 1. The molecule has 0 bridgehead atoms. The zero-order chi connectivity index (χ0) is 17.7. The van der Waals surface area contributed by atoms with E-state index >= 15 is 0 Å². The molecule has 1 N–H and O–H groups in total. The smallest absolute Gasteiger partial charge is 0.255 e. The molecule has 0 radical (unpaired) electrons. The van der Waals surface area contributed by atoms with Crippen molar-refractivity contribution in [1.82, 2.24) is 4.90 Å². The molecule has 0 saturated carbocycles. The second kappa shape index (κ2) is 7.53. The summed E-state index contributed by atoms with van der Waals surface area (Å²) in [6.45, 7) is 1.58. The number of rotatable bonds is 5. The van der Waals surface area contributed by atoms with Gasteiger partial charge in [0.25, 0.3) is 15.9 Å². The van der Waals surface area contributed by atoms with Crippen molar-refractivity contribution < 1.29 is 13.2 Å². The normalized spacial score (nSPS) is 14.8. The number of benzene rings is 2. The Kier molecular flexibility index (Phi) is 5.19. The average molecular weight is 356 g/mol. The standard InChI is InChI=1S/C19H20N2O3S/c22-19(21-13-4-5-14-21)17-8-10-18(11-9-17)20-25(23,24)15-12-16-6-2-1-3-7-16/h1-3,6-12,15,20H,4-5,13-14H2/b15-12-. The molecule has 0 aromatic heterocycles. The molecule has 5 nitrogen and oxygen atoms in total. The van der Waals surface area contributed by atoms with Crippen molar-refractivity contribution in [1.29, 1.82) is 0 Å². The highest BCUT2D eigenvalue weighted by molar-refractivity contribution is 7.95. The number of hydrogen-bond acceptors (Lipinski definition) is 3. The van der Waals surface area contributed by atoms with Crippen LogP contribution in [-0.2, 0) is 10.0 Å². The van der Waals surface area contributed by atoms with Crippen molar-refractivity contribution in [2.24, 2.45) is 0 Å². The Morgan fingerprint density at radius 3 is 2.24 bits per heavy atom. The lowest BCUT2D eigenvalue weighted by atomic mass is 10.2. The number of carbonyl (C=O) groups is 1. The second-order valence-corrected chi connectivity index (χ2v) is 7.50. The summed E-state index contributed by atoms with van der Waals surface area (Å²) < 4.78 is 26.7. The summed E-state index contributed by atoms with van der Waals surface area (Å²) >= 11 is 0. The highest BCUT2D eigenvalue weighted by Gasteiger charge is 2.19. The predicted octanol–water partition coefficient (Wildman–Crippen LogP) is 3.34. The Morgan fingerprint density at radius 2 is 1.60 bits per heavy atom. The molecule has 2 aromatic rings. The number of anilines is 1. The molecule has 130 valence electrons. The first-order valence-electron chi connectivity index (χ1n) is 8.19. The van der Waals surface area contributed by atoms with Gasteiger partial charge in [-0.3, -0.25) is 9.52 Å². The first kappa shape index (κ1) is 17.2. The summed E-state index contributed by atoms with van der Waals surface area (Å²) in [5.74, 6) is -0.00381. The molecule has 1 fully saturated rings. The molecule has 2 aromatic carbocycles. The van der Waals surface area contributed by atoms with Crippen LogP contribution in [0.1, 0.15) is 28.8 Å². The summed E-state index contributed by atoms with van der Waals surface area (Å²) in [5, 5.41) is 1.13. The fraction of sp³-hybridized carbons (Fsp3) is 0.211. The molecule has 0 unspecified atom stereocenters. The van der Waals surface area contributed by atoms with Gasteiger partial charge in [0.05, 0.1) is 5.41 Å². The molecule has 25 heavy (non-hydrogen) atoms. The third kappa shape index (κ3) is 4.70. The molecular weight excluding hydrogens is 336 g/mol. The summed E-state index contributed by atoms with van der Waals surface area (Å²) in [4.78, 5) is 14.1. The van der Waals surface area contributed by atoms with Crippen molar-refractivity contribution in [3.63, 3.8) is 0 Å². The topological polar surface area (TPSA) is 66.5 Å². The van der Waals surface area contributed by atoms with Gasteiger partial charge < -0.3 is 4.90 Å². The minimum Gasteiger partial charge on any atom is -0.339 e. The van der Waals surface area contributed by atoms with Crippen LogP contribution in [0.4, 0.5) is 5.69 Å². The van der Waals surface area contributed by atoms with Crippen molar-refractivity contribution in [3.8, 4) is 0 Å². The van der Waals surface area contributed by atoms with Gasteiger partial charge in [0, 0.05) is 24.3 Å². The summed E-state index contributed by atoms with van der Waals surface area (Å²) in [6, 6.07) is 15.7. The SMILES string of the molecule is O=C(c1ccc(NS(=O)(=O)/C=C\c2ccccc2)cc1)N1CCCC1. The molecule has 3 rings (SSSR count). The van der Waals surface area contributed by atoms with Crippen molar-refractivity contribution in [3.05, 3.63) is 71.1 Å². The fourth-order valence-corrected chi connectivity index (χ4v) is 3.58. The molecular formula is C19H20N2O3S. The van der Waals surface area contributed by atoms with Gasteiger partial charge in [-0.25, -0.2) is 8.42 Å². The van der Waals surface area contributed by atoms with Gasteiger partial charge in [0.2, 0.25) is 0 Å². The molecule has 0 spiro atoms. The van der Waals surface area contributed by atoms with Crippen LogP contribution >= 0.6 is 0 Å². The van der Waals surface area contributed by atoms with E-state index in [0.717, 1.165) is 36.9 Å². The van der Waals surface area contributed by atoms with Gasteiger partial charge >= 0.3 is 0 Å². The van der Waals surface area contributed by atoms with E-state index in [2.05, 4.69) is 4.72 Å². The number of nitrogens with zero attached hydrogens (tertiary/aromatic N) is 1. The largest absolute Gasteiger partial charge is 0.339 e. The summed E-state index contributed by atoms with van der Waals surface area (Å²) in [7, 11) is -3.61. The van der Waals surface area contributed by atoms with Gasteiger partial charge in [-0.1, -0.05) is 30.3 Å². The van der Waals surface area contributed by atoms with Gasteiger partial charge in [-0.15, -0.1) is 0 Å². The van der Waals surface area contributed by atoms with Gasteiger partial charge in [-0.2, -0.15) is 0 Å². The maximum absolute atomic E-state index is 12.3. The Bertz CT molecular complexity index is 853. The van der Waals surface area contributed by atoms with Crippen LogP contribution in [0.2, 0.25) is 0 Å². The lowest BCUT2D eigenvalue weighted by Gasteiger charge is -2.15. The molecule has 0 aliphatic carbocycles. The van der Waals surface area contributed by atoms with Gasteiger partial charge in [0.1, 0.15) is 0 Å². The molecule has 6 heteroatoms. The van der Waals surface area contributed by atoms with Crippen LogP contribution in [-0.4, -0.2) is 32.3 Å². The van der Waals surface area contributed by atoms with Crippen LogP contribution in [0.5, 0.6) is 0 Å². The van der Waals surface area contributed by atoms with Crippen LogP contribution in [0.3, 0.4) is 0 Å². The second-order valence-electron chi connectivity index (χ2n) is 5.94. The molecule has 1 saturated heterocycles. The highest BCUT2D eigenvalue weighted by Crippen LogP contribution is 2.16. The third-order valence-corrected chi connectivity index (χ3v) is 5.04. The monoisotopic (exact) mass is 356 g/mol. The molecule has 1 amide bonds. The number of hydrogen-bond donors (Lipinski definition) is 1. The molecule has 1 heterocycles. The molecule has 0 atom stereocenters. The minimum atomic E-state index is -3.61. The predicted molar refractivity (Wildman–Crippen MR) is 99.6 cm³/mol. The van der Waals surface area contributed by atoms with Gasteiger partial charge in [0.15, 0.2) is 0 Å². The Hall–Kier alpha value is -2.60. The summed E-state index contributed by atoms with van der Waals surface area (Å²) in [6.07, 6.45) is 3.61. The lowest BCUT2D eigenvalue weighted by molar-refractivity contribution is 0.0793. The number of nitrogens with one attached hydrogen (secondary N) is 1. The zero-order valence-corrected chi connectivity index (χ0v) is 14.6. The van der Waals surface area contributed by atoms with Crippen LogP contribution in [0.25, 0.3) is 6.08 Å². The van der Waals surface area contributed by atoms with E-state index in [-0.39, 0.29) is 5.91 Å². The first-order valence-corrected chi connectivity index (χ1v) is 9.73. The maximum Gasteiger partial charge on any atom is 0.255 e. The first-order chi connectivity index (χ1) is 12.0. The summed E-state index contributed by atoms with van der Waals surface area (Å²) in [5.41, 5.74) is 1.81. The van der Waals surface area contributed by atoms with Crippen molar-refractivity contribution in [2.75, 3.05) is 17.8 Å². The van der Waals surface area contributed by atoms with E-state index in [1.54, 1.807) is 24.3 Å². The van der Waals surface area contributed by atoms with E-state index < -0.39 is 10.0 Å². The fourth-order valence-electron chi connectivity index (χ4n) is 2.71. The Balaban J connectivity index is 1.66. The number of likely N-dealkylation sites (tertiary alicyclic amines) is 1. The Morgan fingerprint density at radius 1 is 0.960 bits per heavy atom. The van der Waals surface area contributed by atoms with E-state index in [4.69, 9.17) is 0 Å². The van der Waals surface area contributed by atoms with E-state index in [0.29, 0.717) is 11.3 Å². The van der Waals surface area contributed by atoms with Crippen LogP contribution < -0.4 is 4.72 Å². The maximum atomic E-state index is 12.3. The van der Waals surface area contributed by atoms with Crippen molar-refractivity contribution >= 4 is 27.7 Å². The number of carbonyl (C=O) groups excluding carboxylic acids is 1. The average Bonchev–Trinajstić information content (AvgIpc) is 3.15. The highest BCUT2D eigenvalue weighted by atomic mass is 32.2.